The molecule has 150 valence electrons. The predicted octanol–water partition coefficient (Wildman–Crippen LogP) is 5.33. The Hall–Kier alpha value is -2.67. The molecule has 1 heterocycles. The van der Waals surface area contributed by atoms with Crippen LogP contribution in [0.2, 0.25) is 0 Å². The summed E-state index contributed by atoms with van der Waals surface area (Å²) in [6.07, 6.45) is 4.97. The molecule has 1 aliphatic heterocycles. The fourth-order valence-corrected chi connectivity index (χ4v) is 4.27. The molecule has 4 amide bonds. The van der Waals surface area contributed by atoms with E-state index in [0.29, 0.717) is 22.5 Å². The summed E-state index contributed by atoms with van der Waals surface area (Å²) in [4.78, 5) is 39.4. The van der Waals surface area contributed by atoms with Crippen LogP contribution in [0.4, 0.5) is 16.2 Å². The molecule has 1 aliphatic carbocycles. The van der Waals surface area contributed by atoms with Gasteiger partial charge in [0.15, 0.2) is 0 Å². The van der Waals surface area contributed by atoms with Gasteiger partial charge in [0, 0.05) is 21.9 Å². The molecule has 1 fully saturated rings. The van der Waals surface area contributed by atoms with Gasteiger partial charge in [-0.25, -0.2) is 4.79 Å². The number of carbonyl (C=O) groups excluding carboxylic acids is 3. The molecule has 2 aromatic carbocycles. The first-order valence-corrected chi connectivity index (χ1v) is 10.6. The number of hydrogen-bond donors (Lipinski definition) is 2. The molecule has 1 saturated carbocycles. The normalized spacial score (nSPS) is 16.7. The van der Waals surface area contributed by atoms with E-state index in [1.807, 2.05) is 19.1 Å². The Labute approximate surface area is 177 Å². The Morgan fingerprint density at radius 3 is 2.24 bits per heavy atom. The number of rotatable bonds is 3. The molecule has 7 heteroatoms. The molecular formula is C22H22BrN3O3. The van der Waals surface area contributed by atoms with Crippen LogP contribution in [0.1, 0.15) is 58.4 Å². The van der Waals surface area contributed by atoms with Crippen LogP contribution in [0.5, 0.6) is 0 Å². The Morgan fingerprint density at radius 1 is 0.931 bits per heavy atom. The van der Waals surface area contributed by atoms with Crippen LogP contribution in [0, 0.1) is 6.92 Å². The van der Waals surface area contributed by atoms with E-state index in [2.05, 4.69) is 26.6 Å². The number of benzene rings is 2. The number of hydrogen-bond acceptors (Lipinski definition) is 3. The second-order valence-electron chi connectivity index (χ2n) is 7.58. The molecule has 0 radical (unpaired) electrons. The SMILES string of the molecule is Cc1cc(NC(=O)Nc2ccc3c(c2)C(=O)N(C2CCCCC2)C3=O)ccc1Br. The van der Waals surface area contributed by atoms with Gasteiger partial charge >= 0.3 is 6.03 Å². The first kappa shape index (κ1) is 19.6. The molecule has 2 N–H and O–H groups in total. The molecule has 0 bridgehead atoms. The quantitative estimate of drug-likeness (QED) is 0.613. The van der Waals surface area contributed by atoms with Gasteiger partial charge < -0.3 is 10.6 Å². The number of nitrogens with zero attached hydrogens (tertiary/aromatic N) is 1. The van der Waals surface area contributed by atoms with E-state index in [1.165, 1.54) is 4.90 Å². The molecule has 0 saturated heterocycles. The van der Waals surface area contributed by atoms with Crippen LogP contribution in [-0.2, 0) is 0 Å². The maximum atomic E-state index is 12.9. The fraction of sp³-hybridized carbons (Fsp3) is 0.318. The first-order chi connectivity index (χ1) is 13.9. The molecule has 0 aromatic heterocycles. The summed E-state index contributed by atoms with van der Waals surface area (Å²) in [5, 5.41) is 5.51. The van der Waals surface area contributed by atoms with Crippen molar-refractivity contribution in [2.75, 3.05) is 10.6 Å². The molecule has 29 heavy (non-hydrogen) atoms. The van der Waals surface area contributed by atoms with Crippen molar-refractivity contribution in [3.8, 4) is 0 Å². The van der Waals surface area contributed by atoms with Gasteiger partial charge in [0.1, 0.15) is 0 Å². The van der Waals surface area contributed by atoms with Gasteiger partial charge in [-0.15, -0.1) is 0 Å². The number of nitrogens with one attached hydrogen (secondary N) is 2. The third-order valence-electron chi connectivity index (χ3n) is 5.53. The van der Waals surface area contributed by atoms with E-state index >= 15 is 0 Å². The van der Waals surface area contributed by atoms with Crippen molar-refractivity contribution in [3.05, 3.63) is 57.6 Å². The van der Waals surface area contributed by atoms with Gasteiger partial charge in [0.25, 0.3) is 11.8 Å². The number of carbonyl (C=O) groups is 3. The number of urea groups is 1. The zero-order valence-electron chi connectivity index (χ0n) is 16.1. The van der Waals surface area contributed by atoms with Crippen LogP contribution in [0.3, 0.4) is 0 Å². The molecule has 0 spiro atoms. The average molecular weight is 456 g/mol. The van der Waals surface area contributed by atoms with Gasteiger partial charge in [0.05, 0.1) is 11.1 Å². The van der Waals surface area contributed by atoms with E-state index < -0.39 is 6.03 Å². The molecule has 2 aromatic rings. The number of aryl methyl sites for hydroxylation is 1. The van der Waals surface area contributed by atoms with Crippen LogP contribution in [0.15, 0.2) is 40.9 Å². The molecule has 0 atom stereocenters. The number of fused-ring (bicyclic) bond motifs is 1. The van der Waals surface area contributed by atoms with Crippen molar-refractivity contribution in [1.82, 2.24) is 4.90 Å². The molecule has 2 aliphatic rings. The summed E-state index contributed by atoms with van der Waals surface area (Å²) in [6.45, 7) is 1.94. The van der Waals surface area contributed by atoms with Crippen LogP contribution in [-0.4, -0.2) is 28.8 Å². The topological polar surface area (TPSA) is 78.5 Å². The van der Waals surface area contributed by atoms with Crippen LogP contribution < -0.4 is 10.6 Å². The van der Waals surface area contributed by atoms with E-state index in [1.54, 1.807) is 24.3 Å². The number of imide groups is 1. The summed E-state index contributed by atoms with van der Waals surface area (Å²) >= 11 is 3.43. The standard InChI is InChI=1S/C22H22BrN3O3/c1-13-11-14(8-10-19(13)23)24-22(29)25-15-7-9-17-18(12-15)21(28)26(20(17)27)16-5-3-2-4-6-16/h7-12,16H,2-6H2,1H3,(H2,24,25,29). The predicted molar refractivity (Wildman–Crippen MR) is 115 cm³/mol. The summed E-state index contributed by atoms with van der Waals surface area (Å²) in [6, 6.07) is 9.96. The third kappa shape index (κ3) is 3.92. The number of anilines is 2. The minimum atomic E-state index is -0.410. The molecule has 4 rings (SSSR count). The maximum Gasteiger partial charge on any atom is 0.323 e. The fourth-order valence-electron chi connectivity index (χ4n) is 4.02. The number of amides is 4. The van der Waals surface area contributed by atoms with Crippen molar-refractivity contribution >= 4 is 45.2 Å². The Bertz CT molecular complexity index is 999. The summed E-state index contributed by atoms with van der Waals surface area (Å²) in [5.74, 6) is -0.484. The van der Waals surface area contributed by atoms with Crippen LogP contribution >= 0.6 is 15.9 Å². The van der Waals surface area contributed by atoms with Crippen molar-refractivity contribution < 1.29 is 14.4 Å². The van der Waals surface area contributed by atoms with E-state index in [4.69, 9.17) is 0 Å². The third-order valence-corrected chi connectivity index (χ3v) is 6.42. The lowest BCUT2D eigenvalue weighted by Crippen LogP contribution is -2.40. The van der Waals surface area contributed by atoms with Crippen molar-refractivity contribution in [2.24, 2.45) is 0 Å². The summed E-state index contributed by atoms with van der Waals surface area (Å²) < 4.78 is 0.966. The van der Waals surface area contributed by atoms with E-state index in [9.17, 15) is 14.4 Å². The highest BCUT2D eigenvalue weighted by Gasteiger charge is 2.40. The van der Waals surface area contributed by atoms with Gasteiger partial charge in [-0.05, 0) is 61.7 Å². The largest absolute Gasteiger partial charge is 0.323 e. The van der Waals surface area contributed by atoms with Gasteiger partial charge in [0.2, 0.25) is 0 Å². The van der Waals surface area contributed by atoms with E-state index in [-0.39, 0.29) is 17.9 Å². The highest BCUT2D eigenvalue weighted by Crippen LogP contribution is 2.32. The minimum absolute atomic E-state index is 0.0171. The molecule has 6 nitrogen and oxygen atoms in total. The zero-order chi connectivity index (χ0) is 20.5. The summed E-state index contributed by atoms with van der Waals surface area (Å²) in [7, 11) is 0. The second-order valence-corrected chi connectivity index (χ2v) is 8.43. The van der Waals surface area contributed by atoms with Crippen molar-refractivity contribution in [1.29, 1.82) is 0 Å². The summed E-state index contributed by atoms with van der Waals surface area (Å²) in [5.41, 5.74) is 2.92. The second kappa shape index (κ2) is 7.99. The maximum absolute atomic E-state index is 12.9. The van der Waals surface area contributed by atoms with Gasteiger partial charge in [-0.2, -0.15) is 0 Å². The monoisotopic (exact) mass is 455 g/mol. The Morgan fingerprint density at radius 2 is 1.55 bits per heavy atom. The Kier molecular flexibility index (Phi) is 5.41. The molecule has 0 unspecified atom stereocenters. The zero-order valence-corrected chi connectivity index (χ0v) is 17.7. The van der Waals surface area contributed by atoms with Gasteiger partial charge in [-0.1, -0.05) is 35.2 Å². The lowest BCUT2D eigenvalue weighted by molar-refractivity contribution is 0.0549. The van der Waals surface area contributed by atoms with Crippen molar-refractivity contribution in [3.63, 3.8) is 0 Å². The highest BCUT2D eigenvalue weighted by atomic mass is 79.9. The smallest absolute Gasteiger partial charge is 0.308 e. The van der Waals surface area contributed by atoms with Crippen LogP contribution in [0.25, 0.3) is 0 Å². The Balaban J connectivity index is 1.48. The lowest BCUT2D eigenvalue weighted by atomic mass is 9.94. The number of halogens is 1. The average Bonchev–Trinajstić information content (AvgIpc) is 2.95. The lowest BCUT2D eigenvalue weighted by Gasteiger charge is -2.29. The van der Waals surface area contributed by atoms with Crippen molar-refractivity contribution in [2.45, 2.75) is 45.1 Å². The molecular weight excluding hydrogens is 434 g/mol. The first-order valence-electron chi connectivity index (χ1n) is 9.80. The minimum Gasteiger partial charge on any atom is -0.308 e. The van der Waals surface area contributed by atoms with Gasteiger partial charge in [-0.3, -0.25) is 14.5 Å². The van der Waals surface area contributed by atoms with E-state index in [0.717, 1.165) is 42.1 Å². The highest BCUT2D eigenvalue weighted by molar-refractivity contribution is 9.10.